The Kier molecular flexibility index (Phi) is 4.75. The van der Waals surface area contributed by atoms with Crippen LogP contribution in [0.4, 0.5) is 0 Å². The molecule has 148 valence electrons. The molecular weight excluding hydrogens is 370 g/mol. The van der Waals surface area contributed by atoms with E-state index in [0.717, 1.165) is 41.4 Å². The maximum atomic E-state index is 13.5. The molecule has 0 aliphatic heterocycles. The van der Waals surface area contributed by atoms with Gasteiger partial charge in [0, 0.05) is 11.6 Å². The Morgan fingerprint density at radius 2 is 1.87 bits per heavy atom. The minimum Gasteiger partial charge on any atom is -0.345 e. The fraction of sp³-hybridized carbons (Fsp3) is 0.192. The highest BCUT2D eigenvalue weighted by molar-refractivity contribution is 6.07. The summed E-state index contributed by atoms with van der Waals surface area (Å²) in [6.07, 6.45) is 4.86. The molecule has 4 nitrogen and oxygen atoms in total. The molecule has 0 unspecified atom stereocenters. The van der Waals surface area contributed by atoms with Gasteiger partial charge in [0.15, 0.2) is 0 Å². The molecule has 2 aromatic heterocycles. The number of pyridine rings is 2. The molecule has 0 bridgehead atoms. The lowest BCUT2D eigenvalue weighted by Gasteiger charge is -2.26. The number of hydrogen-bond acceptors (Lipinski definition) is 3. The summed E-state index contributed by atoms with van der Waals surface area (Å²) in [6, 6.07) is 22.1. The molecule has 2 heterocycles. The zero-order chi connectivity index (χ0) is 20.5. The standard InChI is InChI=1S/C26H23N3O/c1-17-12-13-23-20(15-17)21(16-25(28-23)24-10-4-5-14-27-24)26(30)29-22-11-6-8-18-7-2-3-9-19(18)22/h2-5,7,9-10,12-16,22H,6,8,11H2,1H3,(H,29,30)/t22-/m1/s1. The molecule has 1 atom stereocenters. The number of aryl methyl sites for hydroxylation is 2. The van der Waals surface area contributed by atoms with Crippen molar-refractivity contribution in [3.8, 4) is 11.4 Å². The Bertz CT molecular complexity index is 1230. The highest BCUT2D eigenvalue weighted by Gasteiger charge is 2.23. The molecule has 0 spiro atoms. The zero-order valence-corrected chi connectivity index (χ0v) is 16.9. The first-order valence-electron chi connectivity index (χ1n) is 10.4. The van der Waals surface area contributed by atoms with Crippen LogP contribution in [0, 0.1) is 6.92 Å². The van der Waals surface area contributed by atoms with Gasteiger partial charge in [0.1, 0.15) is 0 Å². The summed E-state index contributed by atoms with van der Waals surface area (Å²) in [5.41, 5.74) is 6.59. The fourth-order valence-electron chi connectivity index (χ4n) is 4.31. The third-order valence-corrected chi connectivity index (χ3v) is 5.81. The highest BCUT2D eigenvalue weighted by atomic mass is 16.1. The van der Waals surface area contributed by atoms with Crippen LogP contribution < -0.4 is 5.32 Å². The van der Waals surface area contributed by atoms with Crippen molar-refractivity contribution in [3.63, 3.8) is 0 Å². The molecule has 0 saturated carbocycles. The van der Waals surface area contributed by atoms with Crippen LogP contribution in [0.25, 0.3) is 22.3 Å². The topological polar surface area (TPSA) is 54.9 Å². The van der Waals surface area contributed by atoms with Gasteiger partial charge in [-0.2, -0.15) is 0 Å². The molecule has 30 heavy (non-hydrogen) atoms. The Morgan fingerprint density at radius 3 is 2.73 bits per heavy atom. The minimum atomic E-state index is -0.0631. The number of rotatable bonds is 3. The molecule has 1 aliphatic rings. The lowest BCUT2D eigenvalue weighted by molar-refractivity contribution is 0.0934. The molecule has 4 aromatic rings. The van der Waals surface area contributed by atoms with E-state index in [0.29, 0.717) is 11.3 Å². The first kappa shape index (κ1) is 18.5. The number of nitrogens with zero attached hydrogens (tertiary/aromatic N) is 2. The van der Waals surface area contributed by atoms with Crippen molar-refractivity contribution < 1.29 is 4.79 Å². The summed E-state index contributed by atoms with van der Waals surface area (Å²) < 4.78 is 0. The Balaban J connectivity index is 1.57. The largest absolute Gasteiger partial charge is 0.345 e. The number of carbonyl (C=O) groups is 1. The van der Waals surface area contributed by atoms with Crippen LogP contribution >= 0.6 is 0 Å². The molecule has 5 rings (SSSR count). The molecule has 1 aliphatic carbocycles. The van der Waals surface area contributed by atoms with E-state index < -0.39 is 0 Å². The monoisotopic (exact) mass is 393 g/mol. The van der Waals surface area contributed by atoms with Gasteiger partial charge in [-0.05, 0) is 67.6 Å². The minimum absolute atomic E-state index is 0.0359. The van der Waals surface area contributed by atoms with E-state index in [2.05, 4.69) is 28.5 Å². The summed E-state index contributed by atoms with van der Waals surface area (Å²) in [4.78, 5) is 22.7. The lowest BCUT2D eigenvalue weighted by Crippen LogP contribution is -2.31. The van der Waals surface area contributed by atoms with Crippen molar-refractivity contribution in [2.75, 3.05) is 0 Å². The number of hydrogen-bond donors (Lipinski definition) is 1. The summed E-state index contributed by atoms with van der Waals surface area (Å²) in [5.74, 6) is -0.0631. The summed E-state index contributed by atoms with van der Waals surface area (Å²) >= 11 is 0. The van der Waals surface area contributed by atoms with Gasteiger partial charge < -0.3 is 5.32 Å². The van der Waals surface area contributed by atoms with E-state index in [9.17, 15) is 4.79 Å². The van der Waals surface area contributed by atoms with Crippen molar-refractivity contribution in [2.24, 2.45) is 0 Å². The molecular formula is C26H23N3O. The zero-order valence-electron chi connectivity index (χ0n) is 16.9. The number of carbonyl (C=O) groups excluding carboxylic acids is 1. The Labute approximate surface area is 176 Å². The van der Waals surface area contributed by atoms with Gasteiger partial charge in [0.05, 0.1) is 28.5 Å². The van der Waals surface area contributed by atoms with Crippen molar-refractivity contribution in [1.82, 2.24) is 15.3 Å². The average Bonchev–Trinajstić information content (AvgIpc) is 2.79. The predicted octanol–water partition coefficient (Wildman–Crippen LogP) is 5.41. The fourth-order valence-corrected chi connectivity index (χ4v) is 4.31. The van der Waals surface area contributed by atoms with Crippen molar-refractivity contribution in [3.05, 3.63) is 95.2 Å². The Hall–Kier alpha value is -3.53. The first-order valence-corrected chi connectivity index (χ1v) is 10.4. The third-order valence-electron chi connectivity index (χ3n) is 5.81. The van der Waals surface area contributed by atoms with Crippen LogP contribution in [-0.2, 0) is 6.42 Å². The third kappa shape index (κ3) is 3.45. The van der Waals surface area contributed by atoms with E-state index in [-0.39, 0.29) is 11.9 Å². The Morgan fingerprint density at radius 1 is 1.00 bits per heavy atom. The molecule has 1 N–H and O–H groups in total. The van der Waals surface area contributed by atoms with Crippen LogP contribution in [0.2, 0.25) is 0 Å². The second-order valence-corrected chi connectivity index (χ2v) is 7.91. The quantitative estimate of drug-likeness (QED) is 0.506. The van der Waals surface area contributed by atoms with Gasteiger partial charge in [0.2, 0.25) is 0 Å². The van der Waals surface area contributed by atoms with Gasteiger partial charge in [0.25, 0.3) is 5.91 Å². The van der Waals surface area contributed by atoms with Crippen molar-refractivity contribution >= 4 is 16.8 Å². The van der Waals surface area contributed by atoms with Crippen molar-refractivity contribution in [1.29, 1.82) is 0 Å². The second-order valence-electron chi connectivity index (χ2n) is 7.91. The van der Waals surface area contributed by atoms with Gasteiger partial charge in [-0.15, -0.1) is 0 Å². The smallest absolute Gasteiger partial charge is 0.252 e. The number of fused-ring (bicyclic) bond motifs is 2. The van der Waals surface area contributed by atoms with Crippen LogP contribution in [-0.4, -0.2) is 15.9 Å². The van der Waals surface area contributed by atoms with Crippen LogP contribution in [0.1, 0.15) is 45.9 Å². The molecule has 4 heteroatoms. The maximum Gasteiger partial charge on any atom is 0.252 e. The summed E-state index contributed by atoms with van der Waals surface area (Å²) in [5, 5.41) is 4.17. The van der Waals surface area contributed by atoms with Gasteiger partial charge >= 0.3 is 0 Å². The highest BCUT2D eigenvalue weighted by Crippen LogP contribution is 2.31. The van der Waals surface area contributed by atoms with Gasteiger partial charge in [-0.3, -0.25) is 9.78 Å². The van der Waals surface area contributed by atoms with E-state index in [1.807, 2.05) is 55.5 Å². The number of aromatic nitrogens is 2. The van der Waals surface area contributed by atoms with E-state index in [4.69, 9.17) is 4.98 Å². The van der Waals surface area contributed by atoms with E-state index in [1.54, 1.807) is 6.20 Å². The van der Waals surface area contributed by atoms with Crippen molar-refractivity contribution in [2.45, 2.75) is 32.2 Å². The SMILES string of the molecule is Cc1ccc2nc(-c3ccccn3)cc(C(=O)N[C@@H]3CCCc4ccccc43)c2c1. The van der Waals surface area contributed by atoms with Gasteiger partial charge in [-0.1, -0.05) is 42.0 Å². The van der Waals surface area contributed by atoms with Crippen LogP contribution in [0.5, 0.6) is 0 Å². The number of nitrogens with one attached hydrogen (secondary N) is 1. The first-order chi connectivity index (χ1) is 14.7. The summed E-state index contributed by atoms with van der Waals surface area (Å²) in [7, 11) is 0. The molecule has 2 aromatic carbocycles. The average molecular weight is 393 g/mol. The molecule has 1 amide bonds. The maximum absolute atomic E-state index is 13.5. The number of benzene rings is 2. The normalized spacial score (nSPS) is 15.6. The molecule has 0 saturated heterocycles. The van der Waals surface area contributed by atoms with Gasteiger partial charge in [-0.25, -0.2) is 4.98 Å². The lowest BCUT2D eigenvalue weighted by atomic mass is 9.87. The van der Waals surface area contributed by atoms with Crippen LogP contribution in [0.3, 0.4) is 0 Å². The predicted molar refractivity (Wildman–Crippen MR) is 119 cm³/mol. The molecule has 0 fully saturated rings. The molecule has 0 radical (unpaired) electrons. The van der Waals surface area contributed by atoms with Crippen LogP contribution in [0.15, 0.2) is 72.9 Å². The second kappa shape index (κ2) is 7.71. The van der Waals surface area contributed by atoms with E-state index in [1.165, 1.54) is 11.1 Å². The number of amides is 1. The van der Waals surface area contributed by atoms with E-state index >= 15 is 0 Å². The summed E-state index contributed by atoms with van der Waals surface area (Å²) in [6.45, 7) is 2.03.